The number of halogens is 2. The molecule has 1 atom stereocenters. The highest BCUT2D eigenvalue weighted by atomic mass is 35.5. The minimum atomic E-state index is -0.992. The zero-order valence-electron chi connectivity index (χ0n) is 18.7. The van der Waals surface area contributed by atoms with Gasteiger partial charge in [0.15, 0.2) is 11.5 Å². The van der Waals surface area contributed by atoms with Crippen LogP contribution in [0.5, 0.6) is 0 Å². The van der Waals surface area contributed by atoms with E-state index in [4.69, 9.17) is 39.4 Å². The predicted molar refractivity (Wildman–Crippen MR) is 131 cm³/mol. The molecular weight excluding hydrogens is 479 g/mol. The number of hydrogen-bond donors (Lipinski definition) is 3. The van der Waals surface area contributed by atoms with Gasteiger partial charge in [0.05, 0.1) is 30.2 Å². The van der Waals surface area contributed by atoms with Crippen LogP contribution in [-0.2, 0) is 22.7 Å². The molecule has 34 heavy (non-hydrogen) atoms. The molecule has 10 nitrogen and oxygen atoms in total. The number of nitrogen functional groups attached to an aromatic ring is 1. The van der Waals surface area contributed by atoms with Crippen LogP contribution in [0.4, 0.5) is 11.5 Å². The number of nitrogens with one attached hydrogen (secondary N) is 1. The van der Waals surface area contributed by atoms with Crippen molar-refractivity contribution >= 4 is 51.8 Å². The van der Waals surface area contributed by atoms with Crippen molar-refractivity contribution in [2.75, 3.05) is 30.8 Å². The summed E-state index contributed by atoms with van der Waals surface area (Å²) in [6.07, 6.45) is 5.59. The number of hydrogen-bond acceptors (Lipinski definition) is 8. The zero-order valence-corrected chi connectivity index (χ0v) is 20.2. The van der Waals surface area contributed by atoms with Crippen LogP contribution in [0.1, 0.15) is 30.4 Å². The first-order chi connectivity index (χ1) is 16.3. The molecule has 1 aliphatic carbocycles. The number of rotatable bonds is 7. The number of ether oxygens (including phenoxy) is 1. The number of nitrogens with zero attached hydrogens (tertiary/aromatic N) is 5. The van der Waals surface area contributed by atoms with Crippen molar-refractivity contribution in [1.82, 2.24) is 24.8 Å². The number of carbonyl (C=O) groups is 1. The minimum Gasteiger partial charge on any atom is -0.382 e. The molecule has 2 aromatic heterocycles. The largest absolute Gasteiger partial charge is 0.382 e. The number of fused-ring (bicyclic) bond motifs is 1. The van der Waals surface area contributed by atoms with Gasteiger partial charge in [-0.1, -0.05) is 23.2 Å². The third kappa shape index (κ3) is 4.15. The Bertz CT molecular complexity index is 1260. The van der Waals surface area contributed by atoms with Crippen molar-refractivity contribution in [3.8, 4) is 0 Å². The fraction of sp³-hybridized carbons (Fsp3) is 0.455. The van der Waals surface area contributed by atoms with E-state index in [1.807, 2.05) is 4.57 Å². The number of nitrogens with two attached hydrogens (primary N) is 2. The average molecular weight is 505 g/mol. The quantitative estimate of drug-likeness (QED) is 0.444. The highest BCUT2D eigenvalue weighted by molar-refractivity contribution is 6.37. The second-order valence-electron chi connectivity index (χ2n) is 8.96. The van der Waals surface area contributed by atoms with Crippen LogP contribution in [0, 0.1) is 0 Å². The van der Waals surface area contributed by atoms with Gasteiger partial charge in [-0.05, 0) is 25.3 Å². The molecule has 3 heterocycles. The van der Waals surface area contributed by atoms with Crippen molar-refractivity contribution in [2.45, 2.75) is 44.0 Å². The fourth-order valence-electron chi connectivity index (χ4n) is 4.46. The predicted octanol–water partition coefficient (Wildman–Crippen LogP) is 2.10. The summed E-state index contributed by atoms with van der Waals surface area (Å²) in [6.45, 7) is 1.57. The minimum absolute atomic E-state index is 0.117. The number of anilines is 2. The number of amides is 1. The van der Waals surface area contributed by atoms with Gasteiger partial charge in [0.25, 0.3) is 0 Å². The van der Waals surface area contributed by atoms with E-state index in [9.17, 15) is 4.79 Å². The molecule has 0 spiro atoms. The van der Waals surface area contributed by atoms with Crippen molar-refractivity contribution in [3.63, 3.8) is 0 Å². The Morgan fingerprint density at radius 3 is 2.79 bits per heavy atom. The molecule has 1 amide bonds. The van der Waals surface area contributed by atoms with E-state index in [0.717, 1.165) is 29.7 Å². The third-order valence-corrected chi connectivity index (χ3v) is 7.07. The second-order valence-corrected chi connectivity index (χ2v) is 9.77. The maximum Gasteiger partial charge on any atom is 0.242 e. The first-order valence-electron chi connectivity index (χ1n) is 11.1. The number of benzene rings is 1. The summed E-state index contributed by atoms with van der Waals surface area (Å²) < 4.78 is 7.32. The van der Waals surface area contributed by atoms with Crippen LogP contribution >= 0.6 is 23.2 Å². The first-order valence-corrected chi connectivity index (χ1v) is 11.8. The van der Waals surface area contributed by atoms with Crippen molar-refractivity contribution in [1.29, 1.82) is 0 Å². The van der Waals surface area contributed by atoms with Gasteiger partial charge in [-0.15, -0.1) is 0 Å². The first kappa shape index (κ1) is 23.1. The van der Waals surface area contributed by atoms with Gasteiger partial charge in [-0.25, -0.2) is 15.0 Å². The molecule has 0 bridgehead atoms. The molecule has 180 valence electrons. The van der Waals surface area contributed by atoms with Crippen LogP contribution < -0.4 is 21.7 Å². The van der Waals surface area contributed by atoms with Crippen LogP contribution in [0.3, 0.4) is 0 Å². The number of methoxy groups -OCH3 is 1. The summed E-state index contributed by atoms with van der Waals surface area (Å²) in [5.41, 5.74) is 15.1. The van der Waals surface area contributed by atoms with E-state index in [1.54, 1.807) is 19.5 Å². The van der Waals surface area contributed by atoms with E-state index in [-0.39, 0.29) is 18.6 Å². The molecule has 5 N–H and O–H groups in total. The van der Waals surface area contributed by atoms with E-state index in [2.05, 4.69) is 25.2 Å². The molecular formula is C22H26Cl2N8O2. The monoisotopic (exact) mass is 504 g/mol. The Hall–Kier alpha value is -2.66. The fourth-order valence-corrected chi connectivity index (χ4v) is 5.14. The molecule has 1 unspecified atom stereocenters. The Morgan fingerprint density at radius 2 is 2.06 bits per heavy atom. The SMILES string of the molecule is COCc1c(Cl)cc(Cl)c(N2CCC(N)(C(=O)NC3CC3)C2)c1Cn1cnc2c(N)ncnc21. The molecule has 2 fully saturated rings. The third-order valence-electron chi connectivity index (χ3n) is 6.45. The lowest BCUT2D eigenvalue weighted by Crippen LogP contribution is -2.56. The Morgan fingerprint density at radius 1 is 1.26 bits per heavy atom. The lowest BCUT2D eigenvalue weighted by Gasteiger charge is -2.28. The summed E-state index contributed by atoms with van der Waals surface area (Å²) in [5, 5.41) is 4.01. The van der Waals surface area contributed by atoms with Gasteiger partial charge in [-0.2, -0.15) is 0 Å². The highest BCUT2D eigenvalue weighted by Gasteiger charge is 2.44. The number of carbonyl (C=O) groups excluding carboxylic acids is 1. The molecule has 3 aromatic rings. The topological polar surface area (TPSA) is 137 Å². The number of imidazole rings is 1. The molecule has 2 aliphatic rings. The Kier molecular flexibility index (Phi) is 6.01. The smallest absolute Gasteiger partial charge is 0.242 e. The van der Waals surface area contributed by atoms with Crippen LogP contribution in [0.15, 0.2) is 18.7 Å². The summed E-state index contributed by atoms with van der Waals surface area (Å²) in [6, 6.07) is 1.96. The summed E-state index contributed by atoms with van der Waals surface area (Å²) >= 11 is 13.4. The second kappa shape index (κ2) is 8.84. The van der Waals surface area contributed by atoms with Gasteiger partial charge >= 0.3 is 0 Å². The van der Waals surface area contributed by atoms with Crippen LogP contribution in [-0.4, -0.2) is 57.2 Å². The van der Waals surface area contributed by atoms with Gasteiger partial charge < -0.3 is 31.0 Å². The lowest BCUT2D eigenvalue weighted by atomic mass is 9.99. The normalized spacial score (nSPS) is 20.3. The van der Waals surface area contributed by atoms with Gasteiger partial charge in [-0.3, -0.25) is 4.79 Å². The molecule has 12 heteroatoms. The maximum absolute atomic E-state index is 12.8. The Balaban J connectivity index is 1.55. The van der Waals surface area contributed by atoms with Gasteiger partial charge in [0.1, 0.15) is 17.4 Å². The standard InChI is InChI=1S/C22H26Cl2N8O2/c1-34-8-14-13(7-32-11-29-17-19(25)27-10-28-20(17)32)18(16(24)6-15(14)23)31-5-4-22(26,9-31)21(33)30-12-2-3-12/h6,10-12H,2-5,7-9,26H2,1H3,(H,30,33)(H2,25,27,28). The lowest BCUT2D eigenvalue weighted by molar-refractivity contribution is -0.125. The zero-order chi connectivity index (χ0) is 24.0. The average Bonchev–Trinajstić information content (AvgIpc) is 3.38. The molecule has 1 saturated carbocycles. The molecule has 1 aliphatic heterocycles. The van der Waals surface area contributed by atoms with Crippen LogP contribution in [0.25, 0.3) is 11.2 Å². The van der Waals surface area contributed by atoms with E-state index in [1.165, 1.54) is 6.33 Å². The Labute approximate surface area is 206 Å². The van der Waals surface area contributed by atoms with Crippen molar-refractivity contribution in [3.05, 3.63) is 39.9 Å². The van der Waals surface area contributed by atoms with Gasteiger partial charge in [0, 0.05) is 42.4 Å². The summed E-state index contributed by atoms with van der Waals surface area (Å²) in [5.74, 6) is 0.188. The van der Waals surface area contributed by atoms with E-state index in [0.29, 0.717) is 53.1 Å². The summed E-state index contributed by atoms with van der Waals surface area (Å²) in [4.78, 5) is 27.6. The molecule has 1 saturated heterocycles. The number of aromatic nitrogens is 4. The van der Waals surface area contributed by atoms with Crippen LogP contribution in [0.2, 0.25) is 10.0 Å². The molecule has 5 rings (SSSR count). The summed E-state index contributed by atoms with van der Waals surface area (Å²) in [7, 11) is 1.61. The highest BCUT2D eigenvalue weighted by Crippen LogP contribution is 2.41. The molecule has 1 aromatic carbocycles. The molecule has 0 radical (unpaired) electrons. The van der Waals surface area contributed by atoms with E-state index < -0.39 is 5.54 Å². The van der Waals surface area contributed by atoms with Gasteiger partial charge in [0.2, 0.25) is 5.91 Å². The van der Waals surface area contributed by atoms with E-state index >= 15 is 0 Å². The van der Waals surface area contributed by atoms with Crippen molar-refractivity contribution < 1.29 is 9.53 Å². The maximum atomic E-state index is 12.8. The van der Waals surface area contributed by atoms with Crippen molar-refractivity contribution in [2.24, 2.45) is 5.73 Å².